The highest BCUT2D eigenvalue weighted by Gasteiger charge is 2.31. The molecule has 0 aromatic carbocycles. The Kier molecular flexibility index (Phi) is 5.55. The molecule has 7 heteroatoms. The minimum atomic E-state index is -0.826. The summed E-state index contributed by atoms with van der Waals surface area (Å²) in [5, 5.41) is 15.6. The number of carboxylic acids is 1. The van der Waals surface area contributed by atoms with E-state index >= 15 is 0 Å². The van der Waals surface area contributed by atoms with Crippen LogP contribution in [0.25, 0.3) is 0 Å². The molecular weight excluding hydrogens is 290 g/mol. The molecule has 0 bridgehead atoms. The zero-order valence-electron chi connectivity index (χ0n) is 12.1. The van der Waals surface area contributed by atoms with Crippen molar-refractivity contribution in [3.63, 3.8) is 0 Å². The van der Waals surface area contributed by atoms with E-state index in [1.54, 1.807) is 11.3 Å². The van der Waals surface area contributed by atoms with Crippen molar-refractivity contribution in [3.8, 4) is 0 Å². The van der Waals surface area contributed by atoms with Gasteiger partial charge >= 0.3 is 12.0 Å². The maximum absolute atomic E-state index is 11.9. The molecule has 0 spiro atoms. The molecule has 2 atom stereocenters. The van der Waals surface area contributed by atoms with Gasteiger partial charge in [0.25, 0.3) is 0 Å². The van der Waals surface area contributed by atoms with Crippen LogP contribution in [0.3, 0.4) is 0 Å². The summed E-state index contributed by atoms with van der Waals surface area (Å²) >= 11 is 1.58. The lowest BCUT2D eigenvalue weighted by molar-refractivity contribution is -0.143. The standard InChI is InChI=1S/C14H21N3O3S/c1-2-9-7-15-12(21-9)8-16-14(20)17-11-6-4-3-5-10(11)13(18)19/h7,10-11H,2-6,8H2,1H3,(H,18,19)(H2,16,17,20). The zero-order chi connectivity index (χ0) is 15.2. The van der Waals surface area contributed by atoms with Crippen LogP contribution in [0.15, 0.2) is 6.20 Å². The first kappa shape index (κ1) is 15.8. The average Bonchev–Trinajstić information content (AvgIpc) is 2.93. The number of aliphatic carboxylic acids is 1. The van der Waals surface area contributed by atoms with E-state index in [0.717, 1.165) is 30.7 Å². The maximum Gasteiger partial charge on any atom is 0.315 e. The molecule has 3 N–H and O–H groups in total. The van der Waals surface area contributed by atoms with Crippen LogP contribution in [-0.4, -0.2) is 28.1 Å². The number of hydrogen-bond acceptors (Lipinski definition) is 4. The van der Waals surface area contributed by atoms with Gasteiger partial charge in [-0.15, -0.1) is 11.3 Å². The number of carbonyl (C=O) groups is 2. The number of nitrogens with zero attached hydrogens (tertiary/aromatic N) is 1. The van der Waals surface area contributed by atoms with Crippen LogP contribution < -0.4 is 10.6 Å². The Morgan fingerprint density at radius 2 is 2.19 bits per heavy atom. The predicted octanol–water partition coefficient (Wildman–Crippen LogP) is 2.15. The topological polar surface area (TPSA) is 91.3 Å². The van der Waals surface area contributed by atoms with E-state index in [-0.39, 0.29) is 12.1 Å². The number of aryl methyl sites for hydroxylation is 1. The number of carboxylic acid groups (broad SMARTS) is 1. The van der Waals surface area contributed by atoms with Crippen LogP contribution in [-0.2, 0) is 17.8 Å². The molecule has 0 aliphatic heterocycles. The summed E-state index contributed by atoms with van der Waals surface area (Å²) in [6.07, 6.45) is 5.98. The largest absolute Gasteiger partial charge is 0.481 e. The molecule has 1 heterocycles. The molecule has 1 aliphatic carbocycles. The highest BCUT2D eigenvalue weighted by atomic mass is 32.1. The average molecular weight is 311 g/mol. The molecule has 21 heavy (non-hydrogen) atoms. The first-order chi connectivity index (χ1) is 10.1. The third-order valence-electron chi connectivity index (χ3n) is 3.75. The fourth-order valence-corrected chi connectivity index (χ4v) is 3.37. The van der Waals surface area contributed by atoms with Crippen molar-refractivity contribution in [2.45, 2.75) is 51.6 Å². The second-order valence-corrected chi connectivity index (χ2v) is 6.44. The molecule has 2 rings (SSSR count). The first-order valence-corrected chi connectivity index (χ1v) is 8.12. The Bertz CT molecular complexity index is 503. The fourth-order valence-electron chi connectivity index (χ4n) is 2.57. The second-order valence-electron chi connectivity index (χ2n) is 5.24. The van der Waals surface area contributed by atoms with Gasteiger partial charge in [-0.2, -0.15) is 0 Å². The van der Waals surface area contributed by atoms with Crippen molar-refractivity contribution in [1.82, 2.24) is 15.6 Å². The van der Waals surface area contributed by atoms with Gasteiger partial charge in [0.15, 0.2) is 0 Å². The second kappa shape index (κ2) is 7.40. The molecule has 1 aromatic rings. The van der Waals surface area contributed by atoms with Crippen molar-refractivity contribution < 1.29 is 14.7 Å². The Hall–Kier alpha value is -1.63. The minimum Gasteiger partial charge on any atom is -0.481 e. The van der Waals surface area contributed by atoms with Gasteiger partial charge < -0.3 is 15.7 Å². The third-order valence-corrected chi connectivity index (χ3v) is 4.89. The number of thiazole rings is 1. The van der Waals surface area contributed by atoms with E-state index in [1.807, 2.05) is 6.20 Å². The van der Waals surface area contributed by atoms with Gasteiger partial charge in [0.05, 0.1) is 12.5 Å². The molecule has 1 aromatic heterocycles. The monoisotopic (exact) mass is 311 g/mol. The maximum atomic E-state index is 11.9. The molecular formula is C14H21N3O3S. The number of aromatic nitrogens is 1. The van der Waals surface area contributed by atoms with Crippen LogP contribution >= 0.6 is 11.3 Å². The van der Waals surface area contributed by atoms with Crippen molar-refractivity contribution in [3.05, 3.63) is 16.1 Å². The SMILES string of the molecule is CCc1cnc(CNC(=O)NC2CCCCC2C(=O)O)s1. The van der Waals surface area contributed by atoms with Gasteiger partial charge in [-0.3, -0.25) is 4.79 Å². The molecule has 1 aliphatic rings. The van der Waals surface area contributed by atoms with E-state index in [9.17, 15) is 14.7 Å². The van der Waals surface area contributed by atoms with Crippen LogP contribution in [0, 0.1) is 5.92 Å². The summed E-state index contributed by atoms with van der Waals surface area (Å²) in [6.45, 7) is 2.44. The Morgan fingerprint density at radius 3 is 2.86 bits per heavy atom. The van der Waals surface area contributed by atoms with Crippen LogP contribution in [0.2, 0.25) is 0 Å². The Balaban J connectivity index is 1.81. The minimum absolute atomic E-state index is 0.279. The number of rotatable bonds is 5. The molecule has 0 radical (unpaired) electrons. The fraction of sp³-hybridized carbons (Fsp3) is 0.643. The Morgan fingerprint density at radius 1 is 1.43 bits per heavy atom. The van der Waals surface area contributed by atoms with Gasteiger partial charge in [0, 0.05) is 17.1 Å². The van der Waals surface area contributed by atoms with Crippen LogP contribution in [0.4, 0.5) is 4.79 Å². The smallest absolute Gasteiger partial charge is 0.315 e. The number of nitrogens with one attached hydrogen (secondary N) is 2. The summed E-state index contributed by atoms with van der Waals surface area (Å²) in [5.74, 6) is -1.30. The summed E-state index contributed by atoms with van der Waals surface area (Å²) < 4.78 is 0. The van der Waals surface area contributed by atoms with E-state index in [0.29, 0.717) is 13.0 Å². The molecule has 1 saturated carbocycles. The predicted molar refractivity (Wildman–Crippen MR) is 80.2 cm³/mol. The Labute approximate surface area is 128 Å². The van der Waals surface area contributed by atoms with E-state index in [4.69, 9.17) is 0 Å². The number of amides is 2. The van der Waals surface area contributed by atoms with Crippen LogP contribution in [0.5, 0.6) is 0 Å². The third kappa shape index (κ3) is 4.42. The van der Waals surface area contributed by atoms with Gasteiger partial charge in [0.1, 0.15) is 5.01 Å². The molecule has 116 valence electrons. The highest BCUT2D eigenvalue weighted by Crippen LogP contribution is 2.24. The molecule has 1 fully saturated rings. The van der Waals surface area contributed by atoms with Gasteiger partial charge in [-0.05, 0) is 19.3 Å². The van der Waals surface area contributed by atoms with Crippen molar-refractivity contribution in [2.24, 2.45) is 5.92 Å². The number of hydrogen-bond donors (Lipinski definition) is 3. The van der Waals surface area contributed by atoms with Gasteiger partial charge in [-0.25, -0.2) is 9.78 Å². The van der Waals surface area contributed by atoms with E-state index < -0.39 is 11.9 Å². The highest BCUT2D eigenvalue weighted by molar-refractivity contribution is 7.11. The van der Waals surface area contributed by atoms with Crippen molar-refractivity contribution >= 4 is 23.3 Å². The lowest BCUT2D eigenvalue weighted by Gasteiger charge is -2.29. The first-order valence-electron chi connectivity index (χ1n) is 7.31. The summed E-state index contributed by atoms with van der Waals surface area (Å²) in [6, 6.07) is -0.597. The van der Waals surface area contributed by atoms with Crippen molar-refractivity contribution in [1.29, 1.82) is 0 Å². The molecule has 0 saturated heterocycles. The van der Waals surface area contributed by atoms with Gasteiger partial charge in [-0.1, -0.05) is 19.8 Å². The quantitative estimate of drug-likeness (QED) is 0.777. The molecule has 6 nitrogen and oxygen atoms in total. The van der Waals surface area contributed by atoms with Crippen molar-refractivity contribution in [2.75, 3.05) is 0 Å². The molecule has 2 unspecified atom stereocenters. The zero-order valence-corrected chi connectivity index (χ0v) is 12.9. The van der Waals surface area contributed by atoms with Gasteiger partial charge in [0.2, 0.25) is 0 Å². The molecule has 2 amide bonds. The number of urea groups is 1. The summed E-state index contributed by atoms with van der Waals surface area (Å²) in [4.78, 5) is 28.5. The summed E-state index contributed by atoms with van der Waals surface area (Å²) in [7, 11) is 0. The van der Waals surface area contributed by atoms with Crippen LogP contribution in [0.1, 0.15) is 42.5 Å². The number of carbonyl (C=O) groups excluding carboxylic acids is 1. The lowest BCUT2D eigenvalue weighted by atomic mass is 9.84. The van der Waals surface area contributed by atoms with E-state index in [2.05, 4.69) is 22.5 Å². The summed E-state index contributed by atoms with van der Waals surface area (Å²) in [5.41, 5.74) is 0. The van der Waals surface area contributed by atoms with E-state index in [1.165, 1.54) is 4.88 Å². The normalized spacial score (nSPS) is 21.8. The lowest BCUT2D eigenvalue weighted by Crippen LogP contribution is -2.48.